The van der Waals surface area contributed by atoms with Crippen LogP contribution in [0.15, 0.2) is 70.1 Å². The maximum absolute atomic E-state index is 6.11. The van der Waals surface area contributed by atoms with Gasteiger partial charge in [0.1, 0.15) is 33.7 Å². The molecule has 8 rings (SSSR count). The minimum Gasteiger partial charge on any atom is -0.361 e. The van der Waals surface area contributed by atoms with E-state index in [2.05, 4.69) is 178 Å². The summed E-state index contributed by atoms with van der Waals surface area (Å²) in [5, 5.41) is 0. The molecule has 2 aliphatic rings. The second-order valence-corrected chi connectivity index (χ2v) is 32.3. The third-order valence-electron chi connectivity index (χ3n) is 11.1. The summed E-state index contributed by atoms with van der Waals surface area (Å²) in [6.45, 7) is 25.1. The average molecular weight is 1120 g/mol. The lowest BCUT2D eigenvalue weighted by molar-refractivity contribution is -0.150. The number of benzene rings is 2. The van der Waals surface area contributed by atoms with Crippen LogP contribution in [0.3, 0.4) is 0 Å². The van der Waals surface area contributed by atoms with Crippen molar-refractivity contribution in [1.82, 2.24) is 29.1 Å². The molecule has 0 amide bonds. The molecule has 0 radical (unpaired) electrons. The summed E-state index contributed by atoms with van der Waals surface area (Å²) in [7, 11) is -2.30. The van der Waals surface area contributed by atoms with Crippen molar-refractivity contribution in [1.29, 1.82) is 0 Å². The largest absolute Gasteiger partial charge is 0.361 e. The minimum atomic E-state index is -1.15. The molecule has 0 saturated carbocycles. The maximum atomic E-state index is 6.11. The first-order chi connectivity index (χ1) is 29.4. The molecule has 6 aromatic rings. The maximum Gasteiger partial charge on any atom is 0.192 e. The van der Waals surface area contributed by atoms with Crippen LogP contribution in [0.1, 0.15) is 30.5 Å². The Morgan fingerprint density at radius 2 is 1.02 bits per heavy atom. The molecule has 0 aliphatic carbocycles. The SMILES string of the molecule is CC1(c2ccc(-c3c(I)c4nc(Br)cnc4n3COCC[Si](C)(C)C)cc2)OCCO1.Cc1c(-c2ccc(C3(C)OCCO3)cc2)n(COCC[Si](C)(C)C)c2ncc(Br)nc12. The highest BCUT2D eigenvalue weighted by Crippen LogP contribution is 2.38. The molecule has 62 heavy (non-hydrogen) atoms. The van der Waals surface area contributed by atoms with E-state index < -0.39 is 27.7 Å². The second kappa shape index (κ2) is 19.6. The van der Waals surface area contributed by atoms with Crippen LogP contribution in [-0.2, 0) is 53.5 Å². The van der Waals surface area contributed by atoms with Gasteiger partial charge in [-0.15, -0.1) is 0 Å². The molecular weight excluding hydrogens is 1060 g/mol. The predicted octanol–water partition coefficient (Wildman–Crippen LogP) is 11.7. The lowest BCUT2D eigenvalue weighted by atomic mass is 10.0. The Balaban J connectivity index is 0.000000186. The van der Waals surface area contributed by atoms with Gasteiger partial charge in [-0.2, -0.15) is 0 Å². The van der Waals surface area contributed by atoms with Crippen LogP contribution >= 0.6 is 54.5 Å². The van der Waals surface area contributed by atoms with Crippen LogP contribution in [0.25, 0.3) is 44.8 Å². The van der Waals surface area contributed by atoms with Gasteiger partial charge in [0.2, 0.25) is 0 Å². The molecule has 4 aromatic heterocycles. The van der Waals surface area contributed by atoms with Gasteiger partial charge in [-0.3, -0.25) is 9.13 Å². The molecule has 0 bridgehead atoms. The summed E-state index contributed by atoms with van der Waals surface area (Å²) in [5.41, 5.74) is 10.8. The molecule has 0 unspecified atom stereocenters. The zero-order valence-corrected chi connectivity index (χ0v) is 44.4. The van der Waals surface area contributed by atoms with Gasteiger partial charge in [-0.25, -0.2) is 19.9 Å². The van der Waals surface area contributed by atoms with E-state index in [0.29, 0.717) is 39.9 Å². The summed E-state index contributed by atoms with van der Waals surface area (Å²) < 4.78 is 42.2. The first-order valence-electron chi connectivity index (χ1n) is 21.0. The number of aryl methyl sites for hydroxylation is 1. The second-order valence-electron chi connectivity index (χ2n) is 18.4. The van der Waals surface area contributed by atoms with E-state index in [4.69, 9.17) is 28.4 Å². The normalized spacial score (nSPS) is 16.3. The number of hydrogen-bond acceptors (Lipinski definition) is 10. The van der Waals surface area contributed by atoms with E-state index in [0.717, 1.165) is 99.6 Å². The fourth-order valence-electron chi connectivity index (χ4n) is 7.47. The Bertz CT molecular complexity index is 2320. The van der Waals surface area contributed by atoms with Gasteiger partial charge in [0.25, 0.3) is 0 Å². The predicted molar refractivity (Wildman–Crippen MR) is 266 cm³/mol. The van der Waals surface area contributed by atoms with Crippen LogP contribution in [0.2, 0.25) is 51.4 Å². The number of halogens is 3. The molecule has 17 heteroatoms. The van der Waals surface area contributed by atoms with E-state index in [-0.39, 0.29) is 0 Å². The molecule has 2 aliphatic heterocycles. The van der Waals surface area contributed by atoms with Gasteiger partial charge in [0.15, 0.2) is 22.9 Å². The Morgan fingerprint density at radius 1 is 0.629 bits per heavy atom. The third kappa shape index (κ3) is 11.0. The van der Waals surface area contributed by atoms with E-state index in [1.165, 1.54) is 0 Å². The molecule has 2 fully saturated rings. The number of fused-ring (bicyclic) bond motifs is 2. The van der Waals surface area contributed by atoms with Gasteiger partial charge in [-0.05, 0) is 98.4 Å². The van der Waals surface area contributed by atoms with Gasteiger partial charge >= 0.3 is 0 Å². The average Bonchev–Trinajstić information content (AvgIpc) is 4.00. The lowest BCUT2D eigenvalue weighted by Gasteiger charge is -2.23. The van der Waals surface area contributed by atoms with Crippen molar-refractivity contribution >= 4 is 92.9 Å². The van der Waals surface area contributed by atoms with Gasteiger partial charge in [0.05, 0.1) is 53.8 Å². The van der Waals surface area contributed by atoms with Crippen molar-refractivity contribution in [2.24, 2.45) is 0 Å². The smallest absolute Gasteiger partial charge is 0.192 e. The summed E-state index contributed by atoms with van der Waals surface area (Å²) in [6, 6.07) is 19.0. The van der Waals surface area contributed by atoms with Gasteiger partial charge < -0.3 is 28.4 Å². The fourth-order valence-corrected chi connectivity index (χ4v) is 10.5. The third-order valence-corrected chi connectivity index (χ3v) is 16.3. The molecule has 2 saturated heterocycles. The summed E-state index contributed by atoms with van der Waals surface area (Å²) in [4.78, 5) is 18.7. The molecule has 6 heterocycles. The zero-order chi connectivity index (χ0) is 44.5. The Kier molecular flexibility index (Phi) is 15.0. The van der Waals surface area contributed by atoms with Crippen molar-refractivity contribution in [2.75, 3.05) is 39.6 Å². The standard InChI is InChI=1S/C23H30BrN3O3Si.C22H27BrIN3O3Si/c1-16-20-22(25-14-19(24)26-20)27(15-28-12-13-31(3,4)5)21(16)17-6-8-18(9-7-17)23(2)29-10-11-30-23;1-22(29-9-10-30-22)16-7-5-15(6-8-16)20-18(24)19-21(25-13-17(23)26-19)27(20)14-28-11-12-31(2,3)4/h6-9,14H,10-13,15H2,1-5H3;5-8,13H,9-12,14H2,1-4H3. The number of hydrogen-bond donors (Lipinski definition) is 0. The van der Waals surface area contributed by atoms with E-state index in [1.807, 2.05) is 13.8 Å². The Morgan fingerprint density at radius 3 is 1.45 bits per heavy atom. The Labute approximate surface area is 397 Å². The van der Waals surface area contributed by atoms with Gasteiger partial charge in [-0.1, -0.05) is 87.8 Å². The molecule has 2 aromatic carbocycles. The van der Waals surface area contributed by atoms with Crippen LogP contribution in [0.4, 0.5) is 0 Å². The molecule has 0 atom stereocenters. The Hall–Kier alpha value is -2.44. The number of aromatic nitrogens is 6. The summed E-state index contributed by atoms with van der Waals surface area (Å²) in [6.07, 6.45) is 3.47. The van der Waals surface area contributed by atoms with Crippen molar-refractivity contribution in [2.45, 2.75) is 97.2 Å². The fraction of sp³-hybridized carbons (Fsp3) is 0.467. The first kappa shape index (κ1) is 47.5. The molecule has 0 spiro atoms. The number of nitrogens with zero attached hydrogens (tertiary/aromatic N) is 6. The van der Waals surface area contributed by atoms with Gasteiger partial charge in [0, 0.05) is 46.1 Å². The highest BCUT2D eigenvalue weighted by Gasteiger charge is 2.34. The topological polar surface area (TPSA) is 117 Å². The first-order valence-corrected chi connectivity index (χ1v) is 31.1. The highest BCUT2D eigenvalue weighted by atomic mass is 127. The molecule has 0 N–H and O–H groups in total. The van der Waals surface area contributed by atoms with Crippen molar-refractivity contribution in [3.8, 4) is 22.5 Å². The van der Waals surface area contributed by atoms with Crippen LogP contribution in [0, 0.1) is 10.5 Å². The van der Waals surface area contributed by atoms with E-state index in [9.17, 15) is 0 Å². The number of ether oxygens (including phenoxy) is 6. The quantitative estimate of drug-likeness (QED) is 0.0593. The summed E-state index contributed by atoms with van der Waals surface area (Å²) >= 11 is 9.27. The molecular formula is C45H57Br2IN6O6Si2. The highest BCUT2D eigenvalue weighted by molar-refractivity contribution is 14.1. The molecule has 12 nitrogen and oxygen atoms in total. The number of rotatable bonds is 14. The summed E-state index contributed by atoms with van der Waals surface area (Å²) in [5.74, 6) is -1.35. The molecule has 332 valence electrons. The van der Waals surface area contributed by atoms with E-state index in [1.54, 1.807) is 12.4 Å². The van der Waals surface area contributed by atoms with Crippen molar-refractivity contribution < 1.29 is 28.4 Å². The van der Waals surface area contributed by atoms with Crippen molar-refractivity contribution in [3.05, 3.63) is 90.4 Å². The van der Waals surface area contributed by atoms with E-state index >= 15 is 0 Å². The minimum absolute atomic E-state index is 0.446. The van der Waals surface area contributed by atoms with Crippen LogP contribution in [0.5, 0.6) is 0 Å². The zero-order valence-electron chi connectivity index (χ0n) is 37.1. The monoisotopic (exact) mass is 1120 g/mol. The van der Waals surface area contributed by atoms with Crippen LogP contribution < -0.4 is 0 Å². The van der Waals surface area contributed by atoms with Crippen molar-refractivity contribution in [3.63, 3.8) is 0 Å². The van der Waals surface area contributed by atoms with Crippen LogP contribution in [-0.4, -0.2) is 84.9 Å². The lowest BCUT2D eigenvalue weighted by Crippen LogP contribution is -2.22.